The van der Waals surface area contributed by atoms with Gasteiger partial charge in [0.25, 0.3) is 0 Å². The normalized spacial score (nSPS) is 13.3. The second-order valence-corrected chi connectivity index (χ2v) is 12.7. The molecule has 0 radical (unpaired) electrons. The number of sulfonamides is 1. The highest BCUT2D eigenvalue weighted by Gasteiger charge is 2.46. The summed E-state index contributed by atoms with van der Waals surface area (Å²) in [6, 6.07) is 12.7. The first-order valence-electron chi connectivity index (χ1n) is 10.7. The quantitative estimate of drug-likeness (QED) is 0.330. The number of halogens is 6. The van der Waals surface area contributed by atoms with Crippen molar-refractivity contribution in [1.29, 1.82) is 0 Å². The summed E-state index contributed by atoms with van der Waals surface area (Å²) in [4.78, 5) is -1.11. The minimum Gasteiger partial charge on any atom is -0.406 e. The zero-order chi connectivity index (χ0) is 28.7. The predicted molar refractivity (Wildman–Crippen MR) is 128 cm³/mol. The Labute approximate surface area is 215 Å². The highest BCUT2D eigenvalue weighted by Crippen LogP contribution is 2.36. The molecule has 38 heavy (non-hydrogen) atoms. The zero-order valence-corrected chi connectivity index (χ0v) is 21.6. The van der Waals surface area contributed by atoms with Crippen molar-refractivity contribution in [3.8, 4) is 16.9 Å². The van der Waals surface area contributed by atoms with Crippen LogP contribution in [0.4, 0.5) is 32.0 Å². The fourth-order valence-electron chi connectivity index (χ4n) is 3.32. The first-order valence-corrected chi connectivity index (χ1v) is 13.6. The number of alkyl halides is 6. The summed E-state index contributed by atoms with van der Waals surface area (Å²) in [6.45, 7) is 5.65. The molecule has 0 spiro atoms. The van der Waals surface area contributed by atoms with Crippen molar-refractivity contribution in [2.45, 2.75) is 47.8 Å². The van der Waals surface area contributed by atoms with Gasteiger partial charge in [-0.25, -0.2) is 8.42 Å². The van der Waals surface area contributed by atoms with Gasteiger partial charge < -0.3 is 4.74 Å². The third-order valence-electron chi connectivity index (χ3n) is 5.27. The molecule has 1 N–H and O–H groups in total. The van der Waals surface area contributed by atoms with Gasteiger partial charge in [0.2, 0.25) is 9.84 Å². The van der Waals surface area contributed by atoms with Crippen LogP contribution in [0.3, 0.4) is 0 Å². The summed E-state index contributed by atoms with van der Waals surface area (Å²) in [7, 11) is -10.6. The van der Waals surface area contributed by atoms with Crippen LogP contribution in [0.5, 0.6) is 5.75 Å². The molecule has 3 aromatic rings. The lowest BCUT2D eigenvalue weighted by Gasteiger charge is -2.20. The maximum absolute atomic E-state index is 13.5. The fourth-order valence-corrected chi connectivity index (χ4v) is 5.41. The van der Waals surface area contributed by atoms with Gasteiger partial charge in [-0.15, -0.1) is 13.2 Å². The average molecular weight is 582 g/mol. The highest BCUT2D eigenvalue weighted by atomic mass is 32.2. The van der Waals surface area contributed by atoms with Crippen LogP contribution in [-0.2, 0) is 25.3 Å². The first-order chi connectivity index (χ1) is 17.2. The second-order valence-electron chi connectivity index (χ2n) is 9.11. The lowest BCUT2D eigenvalue weighted by Crippen LogP contribution is -2.30. The van der Waals surface area contributed by atoms with Crippen molar-refractivity contribution in [1.82, 2.24) is 0 Å². The van der Waals surface area contributed by atoms with Crippen LogP contribution < -0.4 is 9.46 Å². The zero-order valence-electron chi connectivity index (χ0n) is 20.0. The maximum Gasteiger partial charge on any atom is 0.573 e. The van der Waals surface area contributed by atoms with Gasteiger partial charge in [0.05, 0.1) is 15.5 Å². The number of ether oxygens (including phenoxy) is 1. The van der Waals surface area contributed by atoms with Gasteiger partial charge in [0.1, 0.15) is 5.75 Å². The van der Waals surface area contributed by atoms with E-state index in [0.29, 0.717) is 0 Å². The summed E-state index contributed by atoms with van der Waals surface area (Å²) >= 11 is 0. The lowest BCUT2D eigenvalue weighted by molar-refractivity contribution is -0.274. The highest BCUT2D eigenvalue weighted by molar-refractivity contribution is 7.94. The molecule has 0 aliphatic rings. The Kier molecular flexibility index (Phi) is 7.56. The first kappa shape index (κ1) is 29.3. The largest absolute Gasteiger partial charge is 0.573 e. The van der Waals surface area contributed by atoms with E-state index in [1.54, 1.807) is 0 Å². The van der Waals surface area contributed by atoms with E-state index in [4.69, 9.17) is 0 Å². The molecule has 0 aliphatic carbocycles. The minimum atomic E-state index is -5.98. The Morgan fingerprint density at radius 3 is 1.71 bits per heavy atom. The second kappa shape index (κ2) is 9.80. The molecule has 206 valence electrons. The van der Waals surface area contributed by atoms with E-state index < -0.39 is 48.1 Å². The SMILES string of the molecule is CC(C)(C)c1ccc(S(=O)(=O)c2cc(-c3ccc(OC(F)(F)F)cc3)ccc2NS(=O)(=O)C(F)(F)F)cc1. The Morgan fingerprint density at radius 2 is 1.24 bits per heavy atom. The number of hydrogen-bond acceptors (Lipinski definition) is 5. The van der Waals surface area contributed by atoms with Crippen molar-refractivity contribution in [3.63, 3.8) is 0 Å². The van der Waals surface area contributed by atoms with Crippen LogP contribution in [0, 0.1) is 0 Å². The number of nitrogens with one attached hydrogen (secondary N) is 1. The minimum absolute atomic E-state index is 0.0726. The van der Waals surface area contributed by atoms with Gasteiger partial charge in [0, 0.05) is 0 Å². The Bertz CT molecular complexity index is 1520. The molecule has 0 fully saturated rings. The Balaban J connectivity index is 2.15. The van der Waals surface area contributed by atoms with E-state index in [1.165, 1.54) is 41.1 Å². The number of sulfone groups is 1. The molecular formula is C24H21F6NO5S2. The standard InChI is InChI=1S/C24H21F6NO5S2/c1-22(2,3)17-7-11-19(12-8-17)37(32,33)21-14-16(6-13-20(21)31-38(34,35)24(28,29)30)15-4-9-18(10-5-15)36-23(25,26)27/h4-14,31H,1-3H3. The van der Waals surface area contributed by atoms with E-state index in [-0.39, 0.29) is 21.4 Å². The monoisotopic (exact) mass is 581 g/mol. The van der Waals surface area contributed by atoms with E-state index in [9.17, 15) is 43.2 Å². The van der Waals surface area contributed by atoms with Crippen molar-refractivity contribution < 1.29 is 47.9 Å². The molecule has 0 saturated heterocycles. The van der Waals surface area contributed by atoms with Gasteiger partial charge in [-0.2, -0.15) is 21.6 Å². The van der Waals surface area contributed by atoms with Crippen LogP contribution in [-0.4, -0.2) is 28.7 Å². The van der Waals surface area contributed by atoms with Crippen LogP contribution in [0.1, 0.15) is 26.3 Å². The molecule has 0 heterocycles. The molecule has 0 atom stereocenters. The van der Waals surface area contributed by atoms with Crippen molar-refractivity contribution in [2.24, 2.45) is 0 Å². The molecule has 0 aliphatic heterocycles. The van der Waals surface area contributed by atoms with E-state index in [2.05, 4.69) is 4.74 Å². The Hall–Kier alpha value is -3.26. The van der Waals surface area contributed by atoms with Gasteiger partial charge in [-0.3, -0.25) is 4.72 Å². The summed E-state index contributed by atoms with van der Waals surface area (Å²) in [6.07, 6.45) is -4.94. The molecule has 6 nitrogen and oxygen atoms in total. The number of rotatable bonds is 6. The molecular weight excluding hydrogens is 560 g/mol. The molecule has 0 aromatic heterocycles. The molecule has 0 unspecified atom stereocenters. The molecule has 3 rings (SSSR count). The Morgan fingerprint density at radius 1 is 0.711 bits per heavy atom. The molecule has 0 amide bonds. The van der Waals surface area contributed by atoms with Gasteiger partial charge in [-0.05, 0) is 58.5 Å². The van der Waals surface area contributed by atoms with E-state index in [1.807, 2.05) is 20.8 Å². The summed E-state index contributed by atoms with van der Waals surface area (Å²) < 4.78 is 132. The van der Waals surface area contributed by atoms with Crippen molar-refractivity contribution in [2.75, 3.05) is 4.72 Å². The van der Waals surface area contributed by atoms with Crippen LogP contribution >= 0.6 is 0 Å². The smallest absolute Gasteiger partial charge is 0.406 e. The van der Waals surface area contributed by atoms with E-state index in [0.717, 1.165) is 35.9 Å². The van der Waals surface area contributed by atoms with Gasteiger partial charge >= 0.3 is 21.9 Å². The average Bonchev–Trinajstić information content (AvgIpc) is 2.77. The number of hydrogen-bond donors (Lipinski definition) is 1. The number of anilines is 1. The molecule has 14 heteroatoms. The third kappa shape index (κ3) is 6.59. The summed E-state index contributed by atoms with van der Waals surface area (Å²) in [5.74, 6) is -0.553. The molecule has 3 aromatic carbocycles. The van der Waals surface area contributed by atoms with Gasteiger partial charge in [-0.1, -0.05) is 51.1 Å². The lowest BCUT2D eigenvalue weighted by atomic mass is 9.87. The third-order valence-corrected chi connectivity index (χ3v) is 8.18. The fraction of sp³-hybridized carbons (Fsp3) is 0.250. The predicted octanol–water partition coefficient (Wildman–Crippen LogP) is 6.64. The topological polar surface area (TPSA) is 89.5 Å². The summed E-state index contributed by atoms with van der Waals surface area (Å²) in [5, 5.41) is 0. The van der Waals surface area contributed by atoms with E-state index >= 15 is 0 Å². The van der Waals surface area contributed by atoms with Crippen LogP contribution in [0.2, 0.25) is 0 Å². The van der Waals surface area contributed by atoms with Gasteiger partial charge in [0.15, 0.2) is 0 Å². The van der Waals surface area contributed by atoms with Crippen LogP contribution in [0.25, 0.3) is 11.1 Å². The number of benzene rings is 3. The van der Waals surface area contributed by atoms with Crippen LogP contribution in [0.15, 0.2) is 76.5 Å². The molecule has 0 saturated carbocycles. The maximum atomic E-state index is 13.5. The summed E-state index contributed by atoms with van der Waals surface area (Å²) in [5.41, 5.74) is -5.90. The van der Waals surface area contributed by atoms with Crippen molar-refractivity contribution in [3.05, 3.63) is 72.3 Å². The molecule has 0 bridgehead atoms. The van der Waals surface area contributed by atoms with Crippen molar-refractivity contribution >= 4 is 25.5 Å².